The zero-order chi connectivity index (χ0) is 13.5. The summed E-state index contributed by atoms with van der Waals surface area (Å²) in [6.45, 7) is 0. The van der Waals surface area contributed by atoms with Gasteiger partial charge in [0.05, 0.1) is 12.1 Å². The summed E-state index contributed by atoms with van der Waals surface area (Å²) in [5.41, 5.74) is 0. The molecule has 0 bridgehead atoms. The summed E-state index contributed by atoms with van der Waals surface area (Å²) in [6, 6.07) is 0.416. The van der Waals surface area contributed by atoms with E-state index in [-0.39, 0.29) is 12.1 Å². The molecule has 19 heavy (non-hydrogen) atoms. The van der Waals surface area contributed by atoms with Gasteiger partial charge in [-0.2, -0.15) is 0 Å². The number of nitrogens with zero attached hydrogens (tertiary/aromatic N) is 2. The van der Waals surface area contributed by atoms with Gasteiger partial charge in [0, 0.05) is 0 Å². The minimum absolute atomic E-state index is 0.208. The average Bonchev–Trinajstić information content (AvgIpc) is 2.44. The molecule has 1 radical (unpaired) electrons. The lowest BCUT2D eigenvalue weighted by Gasteiger charge is -2.31. The predicted molar refractivity (Wildman–Crippen MR) is 72.0 cm³/mol. The Hall–Kier alpha value is -1.24. The molecule has 2 fully saturated rings. The summed E-state index contributed by atoms with van der Waals surface area (Å²) in [6.07, 6.45) is 14.5. The van der Waals surface area contributed by atoms with Crippen molar-refractivity contribution in [2.45, 2.75) is 63.5 Å². The lowest BCUT2D eigenvalue weighted by atomic mass is 9.76. The van der Waals surface area contributed by atoms with Gasteiger partial charge in [-0.15, -0.1) is 0 Å². The molecule has 0 aliphatic heterocycles. The molecule has 0 heterocycles. The molecule has 103 valence electrons. The topological polar surface area (TPSA) is 58.9 Å². The summed E-state index contributed by atoms with van der Waals surface area (Å²) in [7, 11) is 0. The third-order valence-corrected chi connectivity index (χ3v) is 4.50. The van der Waals surface area contributed by atoms with Crippen LogP contribution in [0, 0.1) is 18.3 Å². The molecule has 0 amide bonds. The highest BCUT2D eigenvalue weighted by molar-refractivity contribution is 5.33. The molecule has 0 aromatic heterocycles. The molecule has 4 nitrogen and oxygen atoms in total. The summed E-state index contributed by atoms with van der Waals surface area (Å²) >= 11 is 0. The molecule has 0 aromatic rings. The lowest BCUT2D eigenvalue weighted by Crippen LogP contribution is -2.23. The zero-order valence-electron chi connectivity index (χ0n) is 11.3. The van der Waals surface area contributed by atoms with E-state index in [1.807, 2.05) is 0 Å². The normalized spacial score (nSPS) is 34.9. The van der Waals surface area contributed by atoms with Crippen molar-refractivity contribution in [3.8, 4) is 0 Å². The minimum Gasteiger partial charge on any atom is -0.211 e. The highest BCUT2D eigenvalue weighted by Gasteiger charge is 2.26. The summed E-state index contributed by atoms with van der Waals surface area (Å²) in [4.78, 5) is 28.1. The van der Waals surface area contributed by atoms with Gasteiger partial charge in [0.25, 0.3) is 0 Å². The van der Waals surface area contributed by atoms with Gasteiger partial charge in [-0.25, -0.2) is 19.6 Å². The number of isocyanates is 2. The molecule has 0 atom stereocenters. The van der Waals surface area contributed by atoms with Crippen LogP contribution in [0.25, 0.3) is 0 Å². The molecule has 2 saturated carbocycles. The molecule has 2 aliphatic rings. The first-order valence-electron chi connectivity index (χ1n) is 7.30. The van der Waals surface area contributed by atoms with Crippen LogP contribution in [0.4, 0.5) is 0 Å². The largest absolute Gasteiger partial charge is 0.235 e. The zero-order valence-corrected chi connectivity index (χ0v) is 11.3. The van der Waals surface area contributed by atoms with Gasteiger partial charge < -0.3 is 0 Å². The molecule has 2 aliphatic carbocycles. The van der Waals surface area contributed by atoms with Crippen LogP contribution in [0.3, 0.4) is 0 Å². The number of carbonyl (C=O) groups excluding carboxylic acids is 2. The van der Waals surface area contributed by atoms with Crippen molar-refractivity contribution in [1.29, 1.82) is 0 Å². The maximum atomic E-state index is 10.2. The highest BCUT2D eigenvalue weighted by atomic mass is 16.1. The molecule has 0 N–H and O–H groups in total. The van der Waals surface area contributed by atoms with E-state index in [2.05, 4.69) is 16.4 Å². The van der Waals surface area contributed by atoms with Gasteiger partial charge in [-0.3, -0.25) is 0 Å². The van der Waals surface area contributed by atoms with Gasteiger partial charge in [-0.05, 0) is 69.6 Å². The number of rotatable bonds is 4. The van der Waals surface area contributed by atoms with Crippen molar-refractivity contribution in [2.24, 2.45) is 21.8 Å². The van der Waals surface area contributed by atoms with E-state index in [0.29, 0.717) is 11.8 Å². The Labute approximate surface area is 114 Å². The monoisotopic (exact) mass is 261 g/mol. The van der Waals surface area contributed by atoms with Crippen LogP contribution in [-0.4, -0.2) is 24.2 Å². The van der Waals surface area contributed by atoms with Gasteiger partial charge in [0.2, 0.25) is 12.2 Å². The van der Waals surface area contributed by atoms with Crippen molar-refractivity contribution < 1.29 is 9.59 Å². The van der Waals surface area contributed by atoms with Crippen LogP contribution in [-0.2, 0) is 9.59 Å². The van der Waals surface area contributed by atoms with E-state index in [1.54, 1.807) is 12.2 Å². The molecular formula is C15H21N2O2. The first-order chi connectivity index (χ1) is 9.31. The van der Waals surface area contributed by atoms with E-state index < -0.39 is 0 Å². The third-order valence-electron chi connectivity index (χ3n) is 4.50. The Morgan fingerprint density at radius 2 is 1.05 bits per heavy atom. The number of hydrogen-bond donors (Lipinski definition) is 0. The van der Waals surface area contributed by atoms with Gasteiger partial charge in [-0.1, -0.05) is 0 Å². The first kappa shape index (κ1) is 14.2. The fourth-order valence-corrected chi connectivity index (χ4v) is 3.38. The van der Waals surface area contributed by atoms with Crippen LogP contribution in [0.2, 0.25) is 0 Å². The molecule has 0 unspecified atom stereocenters. The summed E-state index contributed by atoms with van der Waals surface area (Å²) < 4.78 is 0. The highest BCUT2D eigenvalue weighted by Crippen LogP contribution is 2.35. The second-order valence-electron chi connectivity index (χ2n) is 5.77. The molecular weight excluding hydrogens is 240 g/mol. The minimum atomic E-state index is 0.208. The Morgan fingerprint density at radius 1 is 0.684 bits per heavy atom. The maximum Gasteiger partial charge on any atom is 0.235 e. The van der Waals surface area contributed by atoms with Crippen molar-refractivity contribution in [2.75, 3.05) is 0 Å². The number of aliphatic imine (C=N–C) groups is 2. The van der Waals surface area contributed by atoms with Gasteiger partial charge in [0.15, 0.2) is 0 Å². The molecule has 0 saturated heterocycles. The van der Waals surface area contributed by atoms with Gasteiger partial charge >= 0.3 is 0 Å². The fourth-order valence-electron chi connectivity index (χ4n) is 3.38. The van der Waals surface area contributed by atoms with Crippen LogP contribution in [0.1, 0.15) is 51.4 Å². The Kier molecular flexibility index (Phi) is 5.50. The SMILES string of the molecule is O=C=NC1CCC([CH]C2CCC(N=C=O)CC2)CC1. The number of hydrogen-bond acceptors (Lipinski definition) is 4. The summed E-state index contributed by atoms with van der Waals surface area (Å²) in [5.74, 6) is 1.35. The van der Waals surface area contributed by atoms with Crippen molar-refractivity contribution in [3.05, 3.63) is 6.42 Å². The first-order valence-corrected chi connectivity index (χ1v) is 7.30. The van der Waals surface area contributed by atoms with E-state index >= 15 is 0 Å². The van der Waals surface area contributed by atoms with Crippen LogP contribution >= 0.6 is 0 Å². The fraction of sp³-hybridized carbons (Fsp3) is 0.800. The second kappa shape index (κ2) is 7.37. The Bertz CT molecular complexity index is 332. The Balaban J connectivity index is 1.69. The van der Waals surface area contributed by atoms with E-state index in [1.165, 1.54) is 0 Å². The van der Waals surface area contributed by atoms with Crippen molar-refractivity contribution in [3.63, 3.8) is 0 Å². The van der Waals surface area contributed by atoms with Crippen molar-refractivity contribution in [1.82, 2.24) is 0 Å². The van der Waals surface area contributed by atoms with E-state index in [4.69, 9.17) is 0 Å². The second-order valence-corrected chi connectivity index (χ2v) is 5.77. The standard InChI is InChI=1S/C15H21N2O2/c18-10-16-14-5-1-12(2-6-14)9-13-3-7-15(8-4-13)17-11-19/h9,12-15H,1-8H2. The Morgan fingerprint density at radius 3 is 1.37 bits per heavy atom. The van der Waals surface area contributed by atoms with Crippen LogP contribution in [0.5, 0.6) is 0 Å². The lowest BCUT2D eigenvalue weighted by molar-refractivity contribution is 0.292. The molecule has 2 rings (SSSR count). The molecule has 0 aromatic carbocycles. The average molecular weight is 261 g/mol. The third kappa shape index (κ3) is 4.41. The maximum absolute atomic E-state index is 10.2. The predicted octanol–water partition coefficient (Wildman–Crippen LogP) is 2.98. The molecule has 4 heteroatoms. The summed E-state index contributed by atoms with van der Waals surface area (Å²) in [5, 5.41) is 0. The van der Waals surface area contributed by atoms with Crippen LogP contribution < -0.4 is 0 Å². The van der Waals surface area contributed by atoms with Gasteiger partial charge in [0.1, 0.15) is 0 Å². The smallest absolute Gasteiger partial charge is 0.211 e. The van der Waals surface area contributed by atoms with Crippen LogP contribution in [0.15, 0.2) is 9.98 Å². The van der Waals surface area contributed by atoms with Crippen molar-refractivity contribution >= 4 is 12.2 Å². The van der Waals surface area contributed by atoms with E-state index in [9.17, 15) is 9.59 Å². The van der Waals surface area contributed by atoms with E-state index in [0.717, 1.165) is 51.4 Å². The quantitative estimate of drug-likeness (QED) is 0.577. The molecule has 0 spiro atoms.